The van der Waals surface area contributed by atoms with Crippen molar-refractivity contribution in [1.29, 1.82) is 0 Å². The summed E-state index contributed by atoms with van der Waals surface area (Å²) in [5, 5.41) is 3.57. The molecule has 0 aliphatic carbocycles. The number of pyridine rings is 1. The molecule has 8 nitrogen and oxygen atoms in total. The van der Waals surface area contributed by atoms with Crippen molar-refractivity contribution >= 4 is 38.3 Å². The number of methoxy groups -OCH3 is 1. The summed E-state index contributed by atoms with van der Waals surface area (Å²) in [5.74, 6) is 0.470. The minimum atomic E-state index is -0.102. The van der Waals surface area contributed by atoms with Gasteiger partial charge in [0.25, 0.3) is 0 Å². The molecule has 0 unspecified atom stereocenters. The number of rotatable bonds is 3. The molecule has 3 aliphatic rings. The zero-order valence-corrected chi connectivity index (χ0v) is 17.9. The average Bonchev–Trinajstić information content (AvgIpc) is 3.38. The predicted octanol–water partition coefficient (Wildman–Crippen LogP) is 3.54. The van der Waals surface area contributed by atoms with Crippen LogP contribution in [0.25, 0.3) is 15.8 Å². The topological polar surface area (TPSA) is 85.8 Å². The molecule has 2 aromatic rings. The van der Waals surface area contributed by atoms with Gasteiger partial charge in [-0.05, 0) is 31.3 Å². The van der Waals surface area contributed by atoms with Crippen molar-refractivity contribution in [2.24, 2.45) is 5.41 Å². The highest BCUT2D eigenvalue weighted by Crippen LogP contribution is 2.40. The van der Waals surface area contributed by atoms with Crippen LogP contribution in [0.2, 0.25) is 0 Å². The molecule has 1 spiro atoms. The Balaban J connectivity index is 1.38. The molecule has 1 atom stereocenters. The van der Waals surface area contributed by atoms with Gasteiger partial charge in [-0.1, -0.05) is 17.4 Å². The van der Waals surface area contributed by atoms with E-state index >= 15 is 0 Å². The van der Waals surface area contributed by atoms with Crippen LogP contribution in [-0.4, -0.2) is 67.5 Å². The minimum absolute atomic E-state index is 0.102. The second kappa shape index (κ2) is 8.13. The highest BCUT2D eigenvalue weighted by Gasteiger charge is 2.41. The molecule has 5 heterocycles. The van der Waals surface area contributed by atoms with E-state index in [1.54, 1.807) is 7.11 Å². The second-order valence-corrected chi connectivity index (χ2v) is 9.19. The third-order valence-corrected chi connectivity index (χ3v) is 7.24. The summed E-state index contributed by atoms with van der Waals surface area (Å²) < 4.78 is 17.5. The Labute approximate surface area is 179 Å². The molecule has 2 aromatic heterocycles. The fourth-order valence-electron chi connectivity index (χ4n) is 4.60. The smallest absolute Gasteiger partial charge is 0.323 e. The van der Waals surface area contributed by atoms with Crippen molar-refractivity contribution in [3.8, 4) is 5.88 Å². The standard InChI is InChI=1S/C21H26N4O4S/c1-27-18-16-17(15(11-22-18)14-3-9-28-10-4-14)30-19(23-16)24-20(26)25-7-6-21(12-25)5-2-8-29-13-21/h3,11H,2,4-10,12-13H2,1H3,(H,23,24,26)/t21-/m0/s1. The molecule has 3 aliphatic heterocycles. The number of fused-ring (bicyclic) bond motifs is 1. The normalized spacial score (nSPS) is 24.3. The molecule has 2 amide bonds. The molecule has 160 valence electrons. The van der Waals surface area contributed by atoms with E-state index in [1.165, 1.54) is 16.9 Å². The first-order chi connectivity index (χ1) is 14.7. The minimum Gasteiger partial charge on any atom is -0.479 e. The summed E-state index contributed by atoms with van der Waals surface area (Å²) in [6, 6.07) is -0.102. The number of nitrogens with one attached hydrogen (secondary N) is 1. The average molecular weight is 431 g/mol. The number of likely N-dealkylation sites (tertiary alicyclic amines) is 1. The van der Waals surface area contributed by atoms with Gasteiger partial charge in [0, 0.05) is 36.9 Å². The number of carbonyl (C=O) groups excluding carboxylic acids is 1. The summed E-state index contributed by atoms with van der Waals surface area (Å²) in [5.41, 5.74) is 3.04. The molecule has 2 fully saturated rings. The number of anilines is 1. The maximum absolute atomic E-state index is 12.9. The Morgan fingerprint density at radius 3 is 3.03 bits per heavy atom. The lowest BCUT2D eigenvalue weighted by molar-refractivity contribution is -0.000213. The third kappa shape index (κ3) is 3.66. The van der Waals surface area contributed by atoms with Crippen molar-refractivity contribution in [3.63, 3.8) is 0 Å². The van der Waals surface area contributed by atoms with Gasteiger partial charge in [0.2, 0.25) is 5.88 Å². The van der Waals surface area contributed by atoms with Crippen molar-refractivity contribution in [2.75, 3.05) is 51.9 Å². The van der Waals surface area contributed by atoms with Gasteiger partial charge in [0.1, 0.15) is 5.52 Å². The first-order valence-electron chi connectivity index (χ1n) is 10.4. The fraction of sp³-hybridized carbons (Fsp3) is 0.571. The fourth-order valence-corrected chi connectivity index (χ4v) is 5.60. The van der Waals surface area contributed by atoms with Crippen LogP contribution in [0.3, 0.4) is 0 Å². The van der Waals surface area contributed by atoms with Crippen molar-refractivity contribution in [1.82, 2.24) is 14.9 Å². The maximum atomic E-state index is 12.9. The molecule has 0 radical (unpaired) electrons. The monoisotopic (exact) mass is 430 g/mol. The van der Waals surface area contributed by atoms with E-state index in [0.717, 1.165) is 62.2 Å². The number of thiazole rings is 1. The van der Waals surface area contributed by atoms with Gasteiger partial charge in [-0.3, -0.25) is 5.32 Å². The second-order valence-electron chi connectivity index (χ2n) is 8.19. The Hall–Kier alpha value is -2.23. The van der Waals surface area contributed by atoms with E-state index in [9.17, 15) is 4.79 Å². The number of carbonyl (C=O) groups is 1. The summed E-state index contributed by atoms with van der Waals surface area (Å²) in [6.07, 6.45) is 7.95. The lowest BCUT2D eigenvalue weighted by Crippen LogP contribution is -2.38. The Kier molecular flexibility index (Phi) is 5.34. The predicted molar refractivity (Wildman–Crippen MR) is 115 cm³/mol. The van der Waals surface area contributed by atoms with Crippen LogP contribution in [0.5, 0.6) is 5.88 Å². The van der Waals surface area contributed by atoms with Crippen LogP contribution < -0.4 is 10.1 Å². The lowest BCUT2D eigenvalue weighted by Gasteiger charge is -2.32. The van der Waals surface area contributed by atoms with Crippen molar-refractivity contribution in [3.05, 3.63) is 17.8 Å². The molecule has 0 aromatic carbocycles. The molecule has 2 saturated heterocycles. The molecular weight excluding hydrogens is 404 g/mol. The Morgan fingerprint density at radius 2 is 2.27 bits per heavy atom. The van der Waals surface area contributed by atoms with Crippen molar-refractivity contribution in [2.45, 2.75) is 25.7 Å². The third-order valence-electron chi connectivity index (χ3n) is 6.23. The maximum Gasteiger partial charge on any atom is 0.323 e. The number of hydrogen-bond acceptors (Lipinski definition) is 7. The van der Waals surface area contributed by atoms with Crippen LogP contribution in [0.4, 0.5) is 9.93 Å². The van der Waals surface area contributed by atoms with Gasteiger partial charge < -0.3 is 19.1 Å². The quantitative estimate of drug-likeness (QED) is 0.802. The molecule has 5 rings (SSSR count). The Morgan fingerprint density at radius 1 is 1.33 bits per heavy atom. The molecule has 9 heteroatoms. The van der Waals surface area contributed by atoms with E-state index in [-0.39, 0.29) is 11.4 Å². The number of amides is 2. The van der Waals surface area contributed by atoms with E-state index in [0.29, 0.717) is 29.7 Å². The van der Waals surface area contributed by atoms with Gasteiger partial charge in [-0.2, -0.15) is 0 Å². The van der Waals surface area contributed by atoms with Crippen LogP contribution >= 0.6 is 11.3 Å². The number of nitrogens with zero attached hydrogens (tertiary/aromatic N) is 3. The Bertz CT molecular complexity index is 983. The number of aromatic nitrogens is 2. The number of ether oxygens (including phenoxy) is 3. The van der Waals surface area contributed by atoms with Gasteiger partial charge in [0.05, 0.1) is 31.6 Å². The lowest BCUT2D eigenvalue weighted by atomic mass is 9.82. The summed E-state index contributed by atoms with van der Waals surface area (Å²) in [7, 11) is 1.59. The largest absolute Gasteiger partial charge is 0.479 e. The highest BCUT2D eigenvalue weighted by atomic mass is 32.1. The zero-order chi connectivity index (χ0) is 20.6. The molecule has 1 N–H and O–H groups in total. The number of urea groups is 1. The highest BCUT2D eigenvalue weighted by molar-refractivity contribution is 7.22. The van der Waals surface area contributed by atoms with Crippen LogP contribution in [0.1, 0.15) is 31.2 Å². The molecule has 0 saturated carbocycles. The van der Waals surface area contributed by atoms with Gasteiger partial charge in [0.15, 0.2) is 5.13 Å². The summed E-state index contributed by atoms with van der Waals surface area (Å²) in [4.78, 5) is 23.9. The van der Waals surface area contributed by atoms with Crippen molar-refractivity contribution < 1.29 is 19.0 Å². The van der Waals surface area contributed by atoms with E-state index in [2.05, 4.69) is 21.4 Å². The molecular formula is C21H26N4O4S. The number of hydrogen-bond donors (Lipinski definition) is 1. The molecule has 0 bridgehead atoms. The first kappa shape index (κ1) is 19.7. The summed E-state index contributed by atoms with van der Waals surface area (Å²) in [6.45, 7) is 4.38. The molecule has 30 heavy (non-hydrogen) atoms. The zero-order valence-electron chi connectivity index (χ0n) is 17.1. The SMILES string of the molecule is COc1ncc(C2=CCOCC2)c2sc(NC(=O)N3CC[C@@]4(CCCOC4)C3)nc12. The van der Waals surface area contributed by atoms with E-state index in [1.807, 2.05) is 11.1 Å². The van der Waals surface area contributed by atoms with Gasteiger partial charge in [-0.25, -0.2) is 14.8 Å². The van der Waals surface area contributed by atoms with Gasteiger partial charge in [-0.15, -0.1) is 0 Å². The van der Waals surface area contributed by atoms with Gasteiger partial charge >= 0.3 is 6.03 Å². The van der Waals surface area contributed by atoms with E-state index in [4.69, 9.17) is 14.2 Å². The summed E-state index contributed by atoms with van der Waals surface area (Å²) >= 11 is 1.47. The van der Waals surface area contributed by atoms with E-state index < -0.39 is 0 Å². The van der Waals surface area contributed by atoms with Crippen LogP contribution in [-0.2, 0) is 9.47 Å². The first-order valence-corrected chi connectivity index (χ1v) is 11.2. The van der Waals surface area contributed by atoms with Crippen LogP contribution in [0.15, 0.2) is 12.3 Å². The van der Waals surface area contributed by atoms with Crippen LogP contribution in [0, 0.1) is 5.41 Å².